The van der Waals surface area contributed by atoms with Crippen LogP contribution in [-0.4, -0.2) is 11.2 Å². The summed E-state index contributed by atoms with van der Waals surface area (Å²) in [7, 11) is 0. The Bertz CT molecular complexity index is 3630. The van der Waals surface area contributed by atoms with E-state index in [0.717, 1.165) is 16.5 Å². The van der Waals surface area contributed by atoms with E-state index in [4.69, 9.17) is 4.74 Å². The van der Waals surface area contributed by atoms with Gasteiger partial charge in [-0.15, -0.1) is 0 Å². The van der Waals surface area contributed by atoms with E-state index in [9.17, 15) is 5.11 Å². The molecule has 12 aromatic rings. The molecule has 0 fully saturated rings. The summed E-state index contributed by atoms with van der Waals surface area (Å²) in [6.45, 7) is 53.9. The average molecular weight is 1310 g/mol. The summed E-state index contributed by atoms with van der Waals surface area (Å²) in [4.78, 5) is 0. The van der Waals surface area contributed by atoms with E-state index < -0.39 is 0 Å². The zero-order valence-corrected chi connectivity index (χ0v) is 65.5. The van der Waals surface area contributed by atoms with Gasteiger partial charge in [-0.1, -0.05) is 433 Å². The Kier molecular flexibility index (Phi) is 41.8. The lowest BCUT2D eigenvalue weighted by Crippen LogP contribution is -2.14. The highest BCUT2D eigenvalue weighted by Crippen LogP contribution is 2.50. The lowest BCUT2D eigenvalue weighted by Gasteiger charge is -2.20. The Hall–Kier alpha value is -8.98. The molecule has 3 aliphatic rings. The molecule has 12 aromatic carbocycles. The fourth-order valence-corrected chi connectivity index (χ4v) is 11.9. The third kappa shape index (κ3) is 22.5. The van der Waals surface area contributed by atoms with Gasteiger partial charge in [-0.3, -0.25) is 0 Å². The molecule has 0 saturated heterocycles. The van der Waals surface area contributed by atoms with Gasteiger partial charge in [-0.05, 0) is 114 Å². The van der Waals surface area contributed by atoms with Crippen LogP contribution in [-0.2, 0) is 16.2 Å². The summed E-state index contributed by atoms with van der Waals surface area (Å²) in [5.74, 6) is 1.32. The molecule has 0 bridgehead atoms. The van der Waals surface area contributed by atoms with E-state index in [1.54, 1.807) is 6.07 Å². The van der Waals surface area contributed by atoms with Gasteiger partial charge in [-0.2, -0.15) is 0 Å². The quantitative estimate of drug-likeness (QED) is 0.187. The smallest absolute Gasteiger partial charge is 0.127 e. The van der Waals surface area contributed by atoms with Gasteiger partial charge >= 0.3 is 0 Å². The van der Waals surface area contributed by atoms with Gasteiger partial charge in [0.25, 0.3) is 0 Å². The van der Waals surface area contributed by atoms with Gasteiger partial charge in [0.05, 0.1) is 6.10 Å². The fourth-order valence-electron chi connectivity index (χ4n) is 11.9. The molecule has 15 rings (SSSR count). The first-order valence-electron chi connectivity index (χ1n) is 37.1. The molecule has 0 atom stereocenters. The molecule has 0 aromatic heterocycles. The highest BCUT2D eigenvalue weighted by atomic mass is 16.5. The molecule has 2 nitrogen and oxygen atoms in total. The van der Waals surface area contributed by atoms with Crippen LogP contribution in [0.4, 0.5) is 0 Å². The molecule has 0 aliphatic heterocycles. The molecule has 1 N–H and O–H groups in total. The van der Waals surface area contributed by atoms with Gasteiger partial charge < -0.3 is 9.84 Å². The summed E-state index contributed by atoms with van der Waals surface area (Å²) < 4.78 is 5.73. The van der Waals surface area contributed by atoms with Crippen LogP contribution in [0.2, 0.25) is 0 Å². The van der Waals surface area contributed by atoms with E-state index in [1.807, 2.05) is 199 Å². The second-order valence-corrected chi connectivity index (χ2v) is 22.6. The van der Waals surface area contributed by atoms with Gasteiger partial charge in [0.1, 0.15) is 11.5 Å². The first-order valence-corrected chi connectivity index (χ1v) is 37.1. The van der Waals surface area contributed by atoms with E-state index in [1.165, 1.54) is 88.3 Å². The molecule has 0 radical (unpaired) electrons. The van der Waals surface area contributed by atoms with Crippen LogP contribution in [0.25, 0.3) is 65.7 Å². The number of phenols is 1. The van der Waals surface area contributed by atoms with Crippen molar-refractivity contribution in [2.45, 2.75) is 202 Å². The zero-order chi connectivity index (χ0) is 73.9. The SMILES string of the molecule is CC.CC.CC.CC.CC.CC.CC.CC.CC.CC(C)Oc1cccc2ccccc12.CC1(C)c2ccccc2-c2ccccc21.CC1(C)c2ccccc2-c2ccccc21.CC1(C)c2ccccc2-c2ccccc21.Oc1cccc2ccccc12.c1ccc2ccccc2c1. The normalized spacial score (nSPS) is 11.5. The lowest BCUT2D eigenvalue weighted by molar-refractivity contribution is 0.245. The van der Waals surface area contributed by atoms with Crippen molar-refractivity contribution in [1.29, 1.82) is 0 Å². The van der Waals surface area contributed by atoms with Crippen molar-refractivity contribution in [3.8, 4) is 44.9 Å². The van der Waals surface area contributed by atoms with E-state index in [0.29, 0.717) is 5.75 Å². The minimum absolute atomic E-state index is 0.160. The highest BCUT2D eigenvalue weighted by molar-refractivity contribution is 5.89. The Morgan fingerprint density at radius 2 is 0.418 bits per heavy atom. The number of ether oxygens (including phenoxy) is 1. The minimum atomic E-state index is 0.160. The summed E-state index contributed by atoms with van der Waals surface area (Å²) in [6, 6.07) is 96.8. The van der Waals surface area contributed by atoms with Crippen molar-refractivity contribution in [2.24, 2.45) is 0 Å². The molecular formula is C96H126O2. The first kappa shape index (κ1) is 87.0. The molecule has 0 saturated carbocycles. The Morgan fingerprint density at radius 1 is 0.224 bits per heavy atom. The van der Waals surface area contributed by atoms with Gasteiger partial charge in [0, 0.05) is 27.0 Å². The minimum Gasteiger partial charge on any atom is -0.507 e. The predicted molar refractivity (Wildman–Crippen MR) is 443 cm³/mol. The van der Waals surface area contributed by atoms with Crippen molar-refractivity contribution in [1.82, 2.24) is 0 Å². The maximum absolute atomic E-state index is 9.37. The van der Waals surface area contributed by atoms with Crippen molar-refractivity contribution in [3.05, 3.63) is 312 Å². The number of hydrogen-bond donors (Lipinski definition) is 1. The molecule has 0 amide bonds. The van der Waals surface area contributed by atoms with Crippen LogP contribution in [0.5, 0.6) is 11.5 Å². The van der Waals surface area contributed by atoms with E-state index in [-0.39, 0.29) is 22.3 Å². The Labute approximate surface area is 598 Å². The number of aromatic hydroxyl groups is 1. The number of phenolic OH excluding ortho intramolecular Hbond substituents is 1. The fraction of sp³-hybridized carbons (Fsp3) is 0.312. The number of hydrogen-bond acceptors (Lipinski definition) is 2. The van der Waals surface area contributed by atoms with Crippen LogP contribution < -0.4 is 4.74 Å². The standard InChI is InChI=1S/3C15H14.C13H14O.C10H8O.C10H8.9C2H6/c3*1-15(2)13-9-5-3-7-11(13)12-8-4-6-10-14(12)15;1-10(2)14-13-9-5-7-11-6-3-4-8-12(11)13;11-10-7-3-5-8-4-1-2-6-9(8)10;1-2-6-10-8-4-3-7-9(10)5-1;9*1-2/h3*3-10H,1-2H3;3-10H,1-2H3;1-7,11H;1-8H;9*1-2H3. The topological polar surface area (TPSA) is 29.5 Å². The summed E-state index contributed by atoms with van der Waals surface area (Å²) in [5, 5.41) is 16.4. The Balaban J connectivity index is 0.000000563. The van der Waals surface area contributed by atoms with Gasteiger partial charge in [-0.25, -0.2) is 0 Å². The van der Waals surface area contributed by atoms with Gasteiger partial charge in [0.15, 0.2) is 0 Å². The summed E-state index contributed by atoms with van der Waals surface area (Å²) >= 11 is 0. The van der Waals surface area contributed by atoms with Gasteiger partial charge in [0.2, 0.25) is 0 Å². The zero-order valence-electron chi connectivity index (χ0n) is 65.5. The monoisotopic (exact) mass is 1310 g/mol. The van der Waals surface area contributed by atoms with E-state index >= 15 is 0 Å². The van der Waals surface area contributed by atoms with Crippen LogP contribution >= 0.6 is 0 Å². The third-order valence-electron chi connectivity index (χ3n) is 16.0. The third-order valence-corrected chi connectivity index (χ3v) is 16.0. The molecular weight excluding hydrogens is 1190 g/mol. The van der Waals surface area contributed by atoms with Crippen molar-refractivity contribution >= 4 is 32.3 Å². The van der Waals surface area contributed by atoms with Crippen molar-refractivity contribution < 1.29 is 9.84 Å². The van der Waals surface area contributed by atoms with E-state index in [2.05, 4.69) is 254 Å². The van der Waals surface area contributed by atoms with Crippen LogP contribution in [0.3, 0.4) is 0 Å². The number of benzene rings is 12. The first-order chi connectivity index (χ1) is 47.7. The second-order valence-electron chi connectivity index (χ2n) is 22.6. The van der Waals surface area contributed by atoms with Crippen molar-refractivity contribution in [3.63, 3.8) is 0 Å². The molecule has 0 unspecified atom stereocenters. The number of fused-ring (bicyclic) bond motifs is 12. The van der Waals surface area contributed by atoms with Crippen molar-refractivity contribution in [2.75, 3.05) is 0 Å². The molecule has 0 heterocycles. The molecule has 3 aliphatic carbocycles. The Morgan fingerprint density at radius 3 is 0.673 bits per heavy atom. The predicted octanol–water partition coefficient (Wildman–Crippen LogP) is 30.2. The lowest BCUT2D eigenvalue weighted by atomic mass is 9.82. The average Bonchev–Trinajstić information content (AvgIpc) is 1.61. The highest BCUT2D eigenvalue weighted by Gasteiger charge is 2.36. The maximum Gasteiger partial charge on any atom is 0.127 e. The maximum atomic E-state index is 9.37. The van der Waals surface area contributed by atoms with Crippen LogP contribution in [0.1, 0.15) is 213 Å². The summed E-state index contributed by atoms with van der Waals surface area (Å²) in [6.07, 6.45) is 0.223. The second kappa shape index (κ2) is 47.1. The molecule has 0 spiro atoms. The molecule has 522 valence electrons. The largest absolute Gasteiger partial charge is 0.507 e. The van der Waals surface area contributed by atoms with Crippen LogP contribution in [0.15, 0.2) is 279 Å². The molecule has 2 heteroatoms. The number of rotatable bonds is 2. The molecule has 98 heavy (non-hydrogen) atoms. The van der Waals surface area contributed by atoms with Crippen LogP contribution in [0, 0.1) is 0 Å². The summed E-state index contributed by atoms with van der Waals surface area (Å²) in [5.41, 5.74) is 17.6.